The molecule has 17 heteroatoms. The molecule has 3 rings (SSSR count). The minimum Gasteiger partial charge on any atom is -0.447 e. The zero-order valence-electron chi connectivity index (χ0n) is 25.3. The van der Waals surface area contributed by atoms with Crippen LogP contribution < -0.4 is 4.72 Å². The Balaban J connectivity index is 1.61. The first-order chi connectivity index (χ1) is 20.8. The standard InChI is InChI=1S/C28H34F3N5O8S/c1-18-7-9-20(10-8-18)23-17-24(28(29,30)31)32-35(23)21-11-13-22(14-12-21)45(40,41)33-26(38)42-16-15-34(6)36(39)44-19(2)43-25(37)27(3,4)5/h7-14,17,19,39H,15-16H2,1-6H3,(H,33,38). The van der Waals surface area contributed by atoms with Gasteiger partial charge in [0.25, 0.3) is 10.0 Å². The van der Waals surface area contributed by atoms with Crippen molar-refractivity contribution in [3.8, 4) is 16.9 Å². The summed E-state index contributed by atoms with van der Waals surface area (Å²) in [5.41, 5.74) is -0.271. The summed E-state index contributed by atoms with van der Waals surface area (Å²) >= 11 is 0. The second kappa shape index (κ2) is 13.9. The fourth-order valence-electron chi connectivity index (χ4n) is 3.53. The summed E-state index contributed by atoms with van der Waals surface area (Å²) in [5.74, 6) is -0.564. The number of esters is 1. The number of ether oxygens (including phenoxy) is 2. The Kier molecular flexibility index (Phi) is 11.0. The predicted molar refractivity (Wildman–Crippen MR) is 153 cm³/mol. The zero-order chi connectivity index (χ0) is 33.7. The van der Waals surface area contributed by atoms with Crippen molar-refractivity contribution >= 4 is 22.1 Å². The minimum atomic E-state index is -4.71. The number of nitrogens with zero attached hydrogens (tertiary/aromatic N) is 4. The number of sulfonamides is 1. The lowest BCUT2D eigenvalue weighted by atomic mass is 9.97. The molecule has 1 heterocycles. The van der Waals surface area contributed by atoms with Crippen LogP contribution in [0.1, 0.15) is 39.0 Å². The van der Waals surface area contributed by atoms with Crippen LogP contribution in [0.3, 0.4) is 0 Å². The highest BCUT2D eigenvalue weighted by Gasteiger charge is 2.35. The lowest BCUT2D eigenvalue weighted by Crippen LogP contribution is -2.43. The van der Waals surface area contributed by atoms with Gasteiger partial charge in [0, 0.05) is 24.9 Å². The number of likely N-dealkylation sites (N-methyl/N-ethyl adjacent to an activating group) is 1. The van der Waals surface area contributed by atoms with Crippen molar-refractivity contribution in [3.63, 3.8) is 0 Å². The number of hydrogen-bond acceptors (Lipinski definition) is 11. The first kappa shape index (κ1) is 35.4. The Morgan fingerprint density at radius 3 is 2.22 bits per heavy atom. The van der Waals surface area contributed by atoms with E-state index in [2.05, 4.69) is 5.10 Å². The number of rotatable bonds is 11. The van der Waals surface area contributed by atoms with E-state index in [9.17, 15) is 36.4 Å². The molecule has 0 saturated heterocycles. The topological polar surface area (TPSA) is 153 Å². The van der Waals surface area contributed by atoms with E-state index >= 15 is 0 Å². The zero-order valence-corrected chi connectivity index (χ0v) is 26.1. The normalized spacial score (nSPS) is 13.2. The second-order valence-electron chi connectivity index (χ2n) is 10.9. The lowest BCUT2D eigenvalue weighted by Gasteiger charge is -2.28. The van der Waals surface area contributed by atoms with Gasteiger partial charge in [0.05, 0.1) is 28.2 Å². The molecule has 13 nitrogen and oxygen atoms in total. The maximum absolute atomic E-state index is 13.5. The SMILES string of the molecule is Cc1ccc(-c2cc(C(F)(F)F)nn2-c2ccc(S(=O)(=O)NC(=O)OCCN(C)N(O)OC(C)OC(=O)C(C)(C)C)cc2)cc1. The molecule has 0 fully saturated rings. The summed E-state index contributed by atoms with van der Waals surface area (Å²) in [4.78, 5) is 28.7. The molecule has 0 spiro atoms. The summed E-state index contributed by atoms with van der Waals surface area (Å²) in [5, 5.41) is 15.0. The smallest absolute Gasteiger partial charge is 0.435 e. The van der Waals surface area contributed by atoms with Gasteiger partial charge in [-0.05, 0) is 58.0 Å². The van der Waals surface area contributed by atoms with E-state index in [1.807, 2.05) is 6.92 Å². The van der Waals surface area contributed by atoms with E-state index in [1.54, 1.807) is 49.8 Å². The van der Waals surface area contributed by atoms with Crippen molar-refractivity contribution in [1.82, 2.24) is 24.8 Å². The molecule has 246 valence electrons. The highest BCUT2D eigenvalue weighted by atomic mass is 32.2. The number of halogens is 3. The molecule has 2 N–H and O–H groups in total. The van der Waals surface area contributed by atoms with Gasteiger partial charge in [-0.25, -0.2) is 27.5 Å². The van der Waals surface area contributed by atoms with E-state index in [-0.39, 0.29) is 28.2 Å². The van der Waals surface area contributed by atoms with Gasteiger partial charge in [0.1, 0.15) is 6.61 Å². The summed E-state index contributed by atoms with van der Waals surface area (Å²) in [7, 11) is -3.08. The maximum Gasteiger partial charge on any atom is 0.435 e. The molecule has 0 radical (unpaired) electrons. The van der Waals surface area contributed by atoms with Crippen LogP contribution in [0.2, 0.25) is 0 Å². The molecule has 1 atom stereocenters. The van der Waals surface area contributed by atoms with Gasteiger partial charge in [-0.3, -0.25) is 10.0 Å². The number of alkyl halides is 3. The number of aryl methyl sites for hydroxylation is 1. The number of hydrogen-bond donors (Lipinski definition) is 2. The molecule has 0 aliphatic carbocycles. The van der Waals surface area contributed by atoms with Crippen LogP contribution in [0.15, 0.2) is 59.5 Å². The third kappa shape index (κ3) is 9.73. The molecule has 45 heavy (non-hydrogen) atoms. The highest BCUT2D eigenvalue weighted by Crippen LogP contribution is 2.33. The average molecular weight is 658 g/mol. The number of nitrogens with one attached hydrogen (secondary N) is 1. The fraction of sp³-hybridized carbons (Fsp3) is 0.393. The molecule has 0 aliphatic rings. The minimum absolute atomic E-state index is 0.136. The number of carbonyl (C=O) groups is 2. The van der Waals surface area contributed by atoms with Crippen LogP contribution in [0.4, 0.5) is 18.0 Å². The Morgan fingerprint density at radius 1 is 1.07 bits per heavy atom. The van der Waals surface area contributed by atoms with E-state index in [1.165, 1.54) is 26.1 Å². The number of aromatic nitrogens is 2. The average Bonchev–Trinajstić information content (AvgIpc) is 3.39. The van der Waals surface area contributed by atoms with Crippen LogP contribution in [-0.2, 0) is 35.3 Å². The van der Waals surface area contributed by atoms with Gasteiger partial charge in [-0.15, -0.1) is 0 Å². The first-order valence-corrected chi connectivity index (χ1v) is 14.9. The highest BCUT2D eigenvalue weighted by molar-refractivity contribution is 7.90. The number of benzene rings is 2. The van der Waals surface area contributed by atoms with E-state index in [0.717, 1.165) is 33.5 Å². The van der Waals surface area contributed by atoms with Crippen molar-refractivity contribution in [1.29, 1.82) is 0 Å². The Labute approximate surface area is 258 Å². The number of carbonyl (C=O) groups excluding carboxylic acids is 2. The van der Waals surface area contributed by atoms with Crippen LogP contribution in [0.5, 0.6) is 0 Å². The summed E-state index contributed by atoms with van der Waals surface area (Å²) in [6.07, 6.45) is -7.19. The van der Waals surface area contributed by atoms with Gasteiger partial charge in [-0.1, -0.05) is 29.8 Å². The van der Waals surface area contributed by atoms with Crippen molar-refractivity contribution < 1.29 is 50.7 Å². The van der Waals surface area contributed by atoms with Gasteiger partial charge in [-0.2, -0.15) is 23.3 Å². The van der Waals surface area contributed by atoms with E-state index < -0.39 is 52.3 Å². The number of amides is 1. The predicted octanol–water partition coefficient (Wildman–Crippen LogP) is 4.69. The van der Waals surface area contributed by atoms with Gasteiger partial charge >= 0.3 is 18.2 Å². The second-order valence-corrected chi connectivity index (χ2v) is 12.6. The van der Waals surface area contributed by atoms with E-state index in [4.69, 9.17) is 14.3 Å². The quantitative estimate of drug-likeness (QED) is 0.168. The summed E-state index contributed by atoms with van der Waals surface area (Å²) in [6, 6.07) is 12.3. The van der Waals surface area contributed by atoms with Gasteiger partial charge in [0.2, 0.25) is 6.29 Å². The molecule has 1 aromatic heterocycles. The Bertz CT molecular complexity index is 1590. The monoisotopic (exact) mass is 657 g/mol. The molecule has 0 aliphatic heterocycles. The summed E-state index contributed by atoms with van der Waals surface area (Å²) < 4.78 is 78.6. The molecule has 3 aromatic rings. The molecule has 1 unspecified atom stereocenters. The third-order valence-electron chi connectivity index (χ3n) is 6.02. The summed E-state index contributed by atoms with van der Waals surface area (Å²) in [6.45, 7) is 7.58. The molecular weight excluding hydrogens is 623 g/mol. The van der Waals surface area contributed by atoms with Crippen molar-refractivity contribution in [3.05, 3.63) is 65.9 Å². The van der Waals surface area contributed by atoms with E-state index in [0.29, 0.717) is 5.56 Å². The first-order valence-electron chi connectivity index (χ1n) is 13.4. The third-order valence-corrected chi connectivity index (χ3v) is 7.35. The lowest BCUT2D eigenvalue weighted by molar-refractivity contribution is -0.469. The molecule has 0 saturated carbocycles. The maximum atomic E-state index is 13.5. The Hall–Kier alpha value is -4.03. The van der Waals surface area contributed by atoms with Crippen molar-refractivity contribution in [2.24, 2.45) is 5.41 Å². The van der Waals surface area contributed by atoms with Gasteiger partial charge in [0.15, 0.2) is 5.69 Å². The molecule has 1 amide bonds. The van der Waals surface area contributed by atoms with Crippen molar-refractivity contribution in [2.45, 2.75) is 52.0 Å². The molecular formula is C28H34F3N5O8S. The Morgan fingerprint density at radius 2 is 1.67 bits per heavy atom. The molecule has 2 aromatic carbocycles. The van der Waals surface area contributed by atoms with Crippen LogP contribution in [-0.4, -0.2) is 72.3 Å². The van der Waals surface area contributed by atoms with Crippen LogP contribution in [0.25, 0.3) is 16.9 Å². The van der Waals surface area contributed by atoms with Gasteiger partial charge < -0.3 is 9.47 Å². The largest absolute Gasteiger partial charge is 0.447 e. The molecule has 0 bridgehead atoms. The fourth-order valence-corrected chi connectivity index (χ4v) is 4.42. The van der Waals surface area contributed by atoms with Crippen LogP contribution in [0, 0.1) is 12.3 Å². The van der Waals surface area contributed by atoms with Crippen molar-refractivity contribution in [2.75, 3.05) is 20.2 Å². The number of hydrazine groups is 1. The van der Waals surface area contributed by atoms with Crippen LogP contribution >= 0.6 is 0 Å².